The summed E-state index contributed by atoms with van der Waals surface area (Å²) in [6, 6.07) is 0. The van der Waals surface area contributed by atoms with Gasteiger partial charge in [-0.1, -0.05) is 6.42 Å². The van der Waals surface area contributed by atoms with Crippen molar-refractivity contribution in [2.45, 2.75) is 45.3 Å². The highest BCUT2D eigenvalue weighted by Gasteiger charge is 2.54. The monoisotopic (exact) mass is 256 g/mol. The van der Waals surface area contributed by atoms with Gasteiger partial charge < -0.3 is 14.2 Å². The molecule has 0 aromatic heterocycles. The maximum absolute atomic E-state index is 11.9. The van der Waals surface area contributed by atoms with E-state index in [1.54, 1.807) is 13.8 Å². The van der Waals surface area contributed by atoms with E-state index in [1.165, 1.54) is 0 Å². The quantitative estimate of drug-likeness (QED) is 0.421. The zero-order chi connectivity index (χ0) is 13.1. The van der Waals surface area contributed by atoms with Crippen LogP contribution in [-0.4, -0.2) is 37.4 Å². The van der Waals surface area contributed by atoms with E-state index in [0.29, 0.717) is 0 Å². The Kier molecular flexibility index (Phi) is 4.22. The minimum absolute atomic E-state index is 0.0394. The Morgan fingerprint density at radius 3 is 2.33 bits per heavy atom. The molecular formula is C13H20O5. The third-order valence-corrected chi connectivity index (χ3v) is 3.58. The number of carbonyl (C=O) groups is 2. The van der Waals surface area contributed by atoms with Crippen LogP contribution in [0.25, 0.3) is 0 Å². The number of epoxide rings is 1. The van der Waals surface area contributed by atoms with Gasteiger partial charge >= 0.3 is 11.9 Å². The van der Waals surface area contributed by atoms with Crippen LogP contribution < -0.4 is 0 Å². The van der Waals surface area contributed by atoms with Crippen molar-refractivity contribution in [1.29, 1.82) is 0 Å². The summed E-state index contributed by atoms with van der Waals surface area (Å²) in [6.45, 7) is 4.02. The molecule has 5 nitrogen and oxygen atoms in total. The maximum atomic E-state index is 11.9. The zero-order valence-corrected chi connectivity index (χ0v) is 10.9. The highest BCUT2D eigenvalue weighted by molar-refractivity contribution is 5.95. The van der Waals surface area contributed by atoms with Crippen LogP contribution in [-0.2, 0) is 23.8 Å². The van der Waals surface area contributed by atoms with Gasteiger partial charge in [0.1, 0.15) is 0 Å². The van der Waals surface area contributed by atoms with Crippen LogP contribution in [0.15, 0.2) is 0 Å². The Bertz CT molecular complexity index is 309. The fourth-order valence-electron chi connectivity index (χ4n) is 2.75. The zero-order valence-electron chi connectivity index (χ0n) is 10.9. The first-order valence-corrected chi connectivity index (χ1v) is 6.67. The Hall–Kier alpha value is -1.10. The summed E-state index contributed by atoms with van der Waals surface area (Å²) in [6.07, 6.45) is 3.11. The summed E-state index contributed by atoms with van der Waals surface area (Å²) in [7, 11) is 0. The first-order valence-electron chi connectivity index (χ1n) is 6.67. The number of carbonyl (C=O) groups excluding carboxylic acids is 2. The number of fused-ring (bicyclic) bond motifs is 1. The second kappa shape index (κ2) is 5.69. The van der Waals surface area contributed by atoms with Crippen molar-refractivity contribution < 1.29 is 23.8 Å². The molecule has 0 aromatic rings. The van der Waals surface area contributed by atoms with Gasteiger partial charge in [-0.15, -0.1) is 0 Å². The first-order chi connectivity index (χ1) is 8.69. The fraction of sp³-hybridized carbons (Fsp3) is 0.846. The molecule has 1 aliphatic heterocycles. The SMILES string of the molecule is CCOC(=O)C(C(=O)OCC)[C@@H]1CCC[C@@H]2O[C@@H]21. The van der Waals surface area contributed by atoms with Crippen LogP contribution in [0.2, 0.25) is 0 Å². The van der Waals surface area contributed by atoms with Crippen LogP contribution >= 0.6 is 0 Å². The van der Waals surface area contributed by atoms with Gasteiger partial charge in [-0.3, -0.25) is 9.59 Å². The average molecular weight is 256 g/mol. The van der Waals surface area contributed by atoms with Gasteiger partial charge in [-0.2, -0.15) is 0 Å². The van der Waals surface area contributed by atoms with Crippen LogP contribution in [0, 0.1) is 11.8 Å². The summed E-state index contributed by atoms with van der Waals surface area (Å²) < 4.78 is 15.5. The summed E-state index contributed by atoms with van der Waals surface area (Å²) in [4.78, 5) is 23.9. The molecule has 2 fully saturated rings. The van der Waals surface area contributed by atoms with Gasteiger partial charge in [0.15, 0.2) is 5.92 Å². The molecule has 0 unspecified atom stereocenters. The van der Waals surface area contributed by atoms with Crippen molar-refractivity contribution >= 4 is 11.9 Å². The molecule has 0 amide bonds. The van der Waals surface area contributed by atoms with E-state index in [-0.39, 0.29) is 31.3 Å². The van der Waals surface area contributed by atoms with E-state index in [4.69, 9.17) is 14.2 Å². The van der Waals surface area contributed by atoms with Crippen molar-refractivity contribution in [2.75, 3.05) is 13.2 Å². The minimum atomic E-state index is -0.819. The van der Waals surface area contributed by atoms with E-state index in [1.807, 2.05) is 0 Å². The summed E-state index contributed by atoms with van der Waals surface area (Å²) in [5, 5.41) is 0. The number of ether oxygens (including phenoxy) is 3. The summed E-state index contributed by atoms with van der Waals surface area (Å²) in [5.41, 5.74) is 0. The van der Waals surface area contributed by atoms with E-state index in [2.05, 4.69) is 0 Å². The third-order valence-electron chi connectivity index (χ3n) is 3.58. The van der Waals surface area contributed by atoms with Gasteiger partial charge in [-0.25, -0.2) is 0 Å². The third kappa shape index (κ3) is 2.66. The Morgan fingerprint density at radius 1 is 1.17 bits per heavy atom. The van der Waals surface area contributed by atoms with Gasteiger partial charge in [0, 0.05) is 5.92 Å². The molecule has 18 heavy (non-hydrogen) atoms. The lowest BCUT2D eigenvalue weighted by molar-refractivity contribution is -0.165. The average Bonchev–Trinajstić information content (AvgIpc) is 3.10. The second-order valence-corrected chi connectivity index (χ2v) is 4.72. The topological polar surface area (TPSA) is 65.1 Å². The molecule has 3 atom stereocenters. The van der Waals surface area contributed by atoms with E-state index in [0.717, 1.165) is 19.3 Å². The lowest BCUT2D eigenvalue weighted by atomic mass is 9.80. The number of esters is 2. The maximum Gasteiger partial charge on any atom is 0.320 e. The molecule has 0 N–H and O–H groups in total. The first kappa shape index (κ1) is 13.3. The molecule has 102 valence electrons. The molecule has 0 aromatic carbocycles. The highest BCUT2D eigenvalue weighted by atomic mass is 16.6. The van der Waals surface area contributed by atoms with E-state index < -0.39 is 17.9 Å². The van der Waals surface area contributed by atoms with Crippen molar-refractivity contribution in [3.8, 4) is 0 Å². The van der Waals surface area contributed by atoms with Crippen LogP contribution in [0.1, 0.15) is 33.1 Å². The predicted octanol–water partition coefficient (Wildman–Crippen LogP) is 1.30. The molecule has 1 saturated heterocycles. The number of hydrogen-bond donors (Lipinski definition) is 0. The molecule has 1 heterocycles. The molecule has 1 aliphatic carbocycles. The lowest BCUT2D eigenvalue weighted by Gasteiger charge is -2.24. The molecule has 0 bridgehead atoms. The smallest absolute Gasteiger partial charge is 0.320 e. The molecule has 5 heteroatoms. The van der Waals surface area contributed by atoms with Crippen LogP contribution in [0.3, 0.4) is 0 Å². The van der Waals surface area contributed by atoms with Gasteiger partial charge in [0.2, 0.25) is 0 Å². The molecular weight excluding hydrogens is 236 g/mol. The van der Waals surface area contributed by atoms with Crippen molar-refractivity contribution in [3.63, 3.8) is 0 Å². The fourth-order valence-corrected chi connectivity index (χ4v) is 2.75. The van der Waals surface area contributed by atoms with Crippen LogP contribution in [0.5, 0.6) is 0 Å². The van der Waals surface area contributed by atoms with Crippen LogP contribution in [0.4, 0.5) is 0 Å². The molecule has 2 rings (SSSR count). The molecule has 2 aliphatic rings. The Balaban J connectivity index is 2.07. The van der Waals surface area contributed by atoms with Crippen molar-refractivity contribution in [3.05, 3.63) is 0 Å². The Morgan fingerprint density at radius 2 is 1.78 bits per heavy atom. The van der Waals surface area contributed by atoms with E-state index >= 15 is 0 Å². The van der Waals surface area contributed by atoms with Crippen molar-refractivity contribution in [2.24, 2.45) is 11.8 Å². The largest absolute Gasteiger partial charge is 0.465 e. The van der Waals surface area contributed by atoms with Gasteiger partial charge in [0.05, 0.1) is 25.4 Å². The lowest BCUT2D eigenvalue weighted by Crippen LogP contribution is -2.38. The summed E-state index contributed by atoms with van der Waals surface area (Å²) in [5.74, 6) is -1.85. The second-order valence-electron chi connectivity index (χ2n) is 4.72. The highest BCUT2D eigenvalue weighted by Crippen LogP contribution is 2.44. The normalized spacial score (nSPS) is 29.6. The Labute approximate surface area is 107 Å². The van der Waals surface area contributed by atoms with Gasteiger partial charge in [-0.05, 0) is 26.7 Å². The number of hydrogen-bond acceptors (Lipinski definition) is 5. The summed E-state index contributed by atoms with van der Waals surface area (Å²) >= 11 is 0. The number of rotatable bonds is 5. The molecule has 0 spiro atoms. The molecule has 0 radical (unpaired) electrons. The predicted molar refractivity (Wildman–Crippen MR) is 62.8 cm³/mol. The van der Waals surface area contributed by atoms with E-state index in [9.17, 15) is 9.59 Å². The standard InChI is InChI=1S/C13H20O5/c1-3-16-12(14)10(13(15)17-4-2)8-6-5-7-9-11(8)18-9/h8-11H,3-7H2,1-2H3/t8-,9-,11+/m0/s1. The minimum Gasteiger partial charge on any atom is -0.465 e. The van der Waals surface area contributed by atoms with Gasteiger partial charge in [0.25, 0.3) is 0 Å². The van der Waals surface area contributed by atoms with Crippen molar-refractivity contribution in [1.82, 2.24) is 0 Å². The molecule has 1 saturated carbocycles.